The fourth-order valence-corrected chi connectivity index (χ4v) is 3.07. The standard InChI is InChI=1S/C23H27ClN2O9/c1-5-31-21(28)34-17-12-7-14(13-18(17)35-22(29)32-6-2)19(23(3,26-25)20(27)30-4)33-16-10-8-15(24)9-11-16/h7-13,19,26H,5-6,25H2,1-4H3/t19?,23-/m0/s1. The summed E-state index contributed by atoms with van der Waals surface area (Å²) in [6, 6.07) is 10.6. The van der Waals surface area contributed by atoms with Crippen LogP contribution in [0, 0.1) is 0 Å². The zero-order chi connectivity index (χ0) is 26.0. The maximum atomic E-state index is 12.7. The second kappa shape index (κ2) is 12.8. The van der Waals surface area contributed by atoms with E-state index in [2.05, 4.69) is 5.43 Å². The van der Waals surface area contributed by atoms with Crippen LogP contribution in [0.3, 0.4) is 0 Å². The van der Waals surface area contributed by atoms with Crippen molar-refractivity contribution in [3.63, 3.8) is 0 Å². The minimum Gasteiger partial charge on any atom is -0.483 e. The molecule has 2 aromatic carbocycles. The number of hydrogen-bond donors (Lipinski definition) is 2. The fourth-order valence-electron chi connectivity index (χ4n) is 2.95. The van der Waals surface area contributed by atoms with E-state index < -0.39 is 29.9 Å². The van der Waals surface area contributed by atoms with Crippen molar-refractivity contribution < 1.29 is 42.8 Å². The number of benzene rings is 2. The Bertz CT molecular complexity index is 1030. The van der Waals surface area contributed by atoms with Gasteiger partial charge in [-0.25, -0.2) is 19.8 Å². The van der Waals surface area contributed by atoms with E-state index in [0.717, 1.165) is 0 Å². The molecule has 0 spiro atoms. The van der Waals surface area contributed by atoms with Crippen LogP contribution in [-0.4, -0.2) is 44.1 Å². The highest BCUT2D eigenvalue weighted by Gasteiger charge is 2.45. The number of rotatable bonds is 10. The second-order valence-electron chi connectivity index (χ2n) is 7.07. The summed E-state index contributed by atoms with van der Waals surface area (Å²) in [6.45, 7) is 4.79. The van der Waals surface area contributed by atoms with Crippen LogP contribution in [0.25, 0.3) is 0 Å². The Labute approximate surface area is 207 Å². The van der Waals surface area contributed by atoms with Gasteiger partial charge in [0.25, 0.3) is 0 Å². The molecule has 190 valence electrons. The van der Waals surface area contributed by atoms with E-state index in [0.29, 0.717) is 16.3 Å². The SMILES string of the molecule is CCOC(=O)Oc1ccc(C(Oc2ccc(Cl)cc2)[C@](C)(NN)C(=O)OC)cc1OC(=O)OCC. The predicted molar refractivity (Wildman–Crippen MR) is 124 cm³/mol. The van der Waals surface area contributed by atoms with E-state index in [-0.39, 0.29) is 24.7 Å². The van der Waals surface area contributed by atoms with E-state index in [4.69, 9.17) is 45.9 Å². The van der Waals surface area contributed by atoms with Crippen LogP contribution in [0.15, 0.2) is 42.5 Å². The average Bonchev–Trinajstić information content (AvgIpc) is 2.84. The second-order valence-corrected chi connectivity index (χ2v) is 7.50. The maximum absolute atomic E-state index is 12.7. The third-order valence-corrected chi connectivity index (χ3v) is 4.93. The summed E-state index contributed by atoms with van der Waals surface area (Å²) in [5.74, 6) is 5.03. The van der Waals surface area contributed by atoms with Crippen molar-refractivity contribution in [1.82, 2.24) is 5.43 Å². The molecular weight excluding hydrogens is 484 g/mol. The predicted octanol–water partition coefficient (Wildman–Crippen LogP) is 3.93. The number of halogens is 1. The van der Waals surface area contributed by atoms with Gasteiger partial charge >= 0.3 is 18.3 Å². The highest BCUT2D eigenvalue weighted by atomic mass is 35.5. The molecule has 2 atom stereocenters. The van der Waals surface area contributed by atoms with Crippen LogP contribution >= 0.6 is 11.6 Å². The number of nitrogens with one attached hydrogen (secondary N) is 1. The van der Waals surface area contributed by atoms with Gasteiger partial charge in [0, 0.05) is 5.02 Å². The van der Waals surface area contributed by atoms with Crippen LogP contribution in [0.4, 0.5) is 9.59 Å². The minimum absolute atomic E-state index is 0.0480. The summed E-state index contributed by atoms with van der Waals surface area (Å²) in [5.41, 5.74) is 1.13. The van der Waals surface area contributed by atoms with E-state index in [9.17, 15) is 14.4 Å². The maximum Gasteiger partial charge on any atom is 0.513 e. The molecule has 2 aromatic rings. The highest BCUT2D eigenvalue weighted by molar-refractivity contribution is 6.30. The fraction of sp³-hybridized carbons (Fsp3) is 0.348. The van der Waals surface area contributed by atoms with E-state index >= 15 is 0 Å². The summed E-state index contributed by atoms with van der Waals surface area (Å²) in [7, 11) is 1.20. The highest BCUT2D eigenvalue weighted by Crippen LogP contribution is 2.38. The number of carbonyl (C=O) groups is 3. The average molecular weight is 511 g/mol. The van der Waals surface area contributed by atoms with E-state index in [1.165, 1.54) is 32.2 Å². The summed E-state index contributed by atoms with van der Waals surface area (Å²) >= 11 is 5.96. The van der Waals surface area contributed by atoms with Gasteiger partial charge in [-0.1, -0.05) is 17.7 Å². The first-order chi connectivity index (χ1) is 16.7. The summed E-state index contributed by atoms with van der Waals surface area (Å²) in [5, 5.41) is 0.479. The topological polar surface area (TPSA) is 145 Å². The van der Waals surface area contributed by atoms with Crippen LogP contribution in [-0.2, 0) is 19.0 Å². The molecule has 0 bridgehead atoms. The molecular formula is C23H27ClN2O9. The molecule has 0 aliphatic heterocycles. The number of ether oxygens (including phenoxy) is 6. The Balaban J connectivity index is 2.59. The molecule has 0 aromatic heterocycles. The molecule has 0 fully saturated rings. The van der Waals surface area contributed by atoms with Gasteiger partial charge < -0.3 is 28.4 Å². The van der Waals surface area contributed by atoms with Gasteiger partial charge in [-0.2, -0.15) is 0 Å². The van der Waals surface area contributed by atoms with E-state index in [1.807, 2.05) is 0 Å². The molecule has 3 N–H and O–H groups in total. The van der Waals surface area contributed by atoms with Crippen LogP contribution in [0.5, 0.6) is 17.2 Å². The summed E-state index contributed by atoms with van der Waals surface area (Å²) < 4.78 is 31.0. The Morgan fingerprint density at radius 1 is 0.971 bits per heavy atom. The largest absolute Gasteiger partial charge is 0.513 e. The molecule has 1 unspecified atom stereocenters. The first kappa shape index (κ1) is 27.7. The first-order valence-corrected chi connectivity index (χ1v) is 10.9. The van der Waals surface area contributed by atoms with E-state index in [1.54, 1.807) is 38.1 Å². The number of nitrogens with two attached hydrogens (primary N) is 1. The molecule has 0 aliphatic rings. The van der Waals surface area contributed by atoms with Crippen molar-refractivity contribution in [2.24, 2.45) is 5.84 Å². The monoisotopic (exact) mass is 510 g/mol. The van der Waals surface area contributed by atoms with Crippen molar-refractivity contribution >= 4 is 29.9 Å². The quantitative estimate of drug-likeness (QED) is 0.158. The normalized spacial score (nSPS) is 13.1. The third-order valence-electron chi connectivity index (χ3n) is 4.68. The molecule has 35 heavy (non-hydrogen) atoms. The lowest BCUT2D eigenvalue weighted by atomic mass is 9.89. The molecule has 11 nitrogen and oxygen atoms in total. The van der Waals surface area contributed by atoms with Crippen molar-refractivity contribution in [2.45, 2.75) is 32.4 Å². The lowest BCUT2D eigenvalue weighted by molar-refractivity contribution is -0.152. The molecule has 0 saturated heterocycles. The molecule has 0 radical (unpaired) electrons. The van der Waals surface area contributed by atoms with Crippen LogP contribution < -0.4 is 25.5 Å². The number of esters is 1. The van der Waals surface area contributed by atoms with Crippen molar-refractivity contribution in [1.29, 1.82) is 0 Å². The molecule has 12 heteroatoms. The Morgan fingerprint density at radius 3 is 2.06 bits per heavy atom. The van der Waals surface area contributed by atoms with Gasteiger partial charge in [-0.15, -0.1) is 0 Å². The molecule has 2 rings (SSSR count). The number of hydrogen-bond acceptors (Lipinski definition) is 11. The summed E-state index contributed by atoms with van der Waals surface area (Å²) in [4.78, 5) is 36.6. The summed E-state index contributed by atoms with van der Waals surface area (Å²) in [6.07, 6.45) is -3.17. The number of hydrazine groups is 1. The zero-order valence-corrected chi connectivity index (χ0v) is 20.4. The number of carbonyl (C=O) groups excluding carboxylic acids is 3. The van der Waals surface area contributed by atoms with Crippen molar-refractivity contribution in [3.8, 4) is 17.2 Å². The van der Waals surface area contributed by atoms with Crippen LogP contribution in [0.1, 0.15) is 32.4 Å². The van der Waals surface area contributed by atoms with Crippen molar-refractivity contribution in [2.75, 3.05) is 20.3 Å². The minimum atomic E-state index is -1.61. The first-order valence-electron chi connectivity index (χ1n) is 10.5. The lowest BCUT2D eigenvalue weighted by Crippen LogP contribution is -2.59. The number of methoxy groups -OCH3 is 1. The molecule has 0 amide bonds. The third kappa shape index (κ3) is 7.22. The van der Waals surface area contributed by atoms with Crippen LogP contribution in [0.2, 0.25) is 5.02 Å². The van der Waals surface area contributed by atoms with Crippen molar-refractivity contribution in [3.05, 3.63) is 53.1 Å². The lowest BCUT2D eigenvalue weighted by Gasteiger charge is -2.35. The van der Waals surface area contributed by atoms with Gasteiger partial charge in [0.15, 0.2) is 23.1 Å². The Kier molecular flexibility index (Phi) is 10.1. The van der Waals surface area contributed by atoms with Gasteiger partial charge in [-0.3, -0.25) is 5.84 Å². The molecule has 0 saturated carbocycles. The van der Waals surface area contributed by atoms with Gasteiger partial charge in [0.1, 0.15) is 5.75 Å². The molecule has 0 aliphatic carbocycles. The van der Waals surface area contributed by atoms with Gasteiger partial charge in [0.2, 0.25) is 0 Å². The zero-order valence-electron chi connectivity index (χ0n) is 19.7. The Hall–Kier alpha value is -3.54. The Morgan fingerprint density at radius 2 is 1.54 bits per heavy atom. The van der Waals surface area contributed by atoms with Gasteiger partial charge in [0.05, 0.1) is 20.3 Å². The smallest absolute Gasteiger partial charge is 0.483 e. The molecule has 0 heterocycles. The van der Waals surface area contributed by atoms with Gasteiger partial charge in [-0.05, 0) is 62.7 Å².